The summed E-state index contributed by atoms with van der Waals surface area (Å²) in [7, 11) is 0. The van der Waals surface area contributed by atoms with E-state index >= 15 is 0 Å². The van der Waals surface area contributed by atoms with Gasteiger partial charge in [0.25, 0.3) is 0 Å². The van der Waals surface area contributed by atoms with Crippen LogP contribution in [0, 0.1) is 5.82 Å². The normalized spacial score (nSPS) is 11.8. The van der Waals surface area contributed by atoms with Crippen molar-refractivity contribution in [2.75, 3.05) is 10.6 Å². The summed E-state index contributed by atoms with van der Waals surface area (Å²) in [4.78, 5) is 11.8. The van der Waals surface area contributed by atoms with Crippen molar-refractivity contribution >= 4 is 29.0 Å². The SMILES string of the molecule is CC(O)c1cccc(NC(=O)Nc2cc(Cl)ccc2F)c1. The molecular weight excluding hydrogens is 295 g/mol. The number of urea groups is 1. The van der Waals surface area contributed by atoms with E-state index in [2.05, 4.69) is 10.6 Å². The quantitative estimate of drug-likeness (QED) is 0.796. The van der Waals surface area contributed by atoms with E-state index in [-0.39, 0.29) is 5.69 Å². The number of benzene rings is 2. The Bertz CT molecular complexity index is 662. The molecule has 0 aromatic heterocycles. The molecule has 4 nitrogen and oxygen atoms in total. The molecule has 1 unspecified atom stereocenters. The average Bonchev–Trinajstić information content (AvgIpc) is 2.43. The molecule has 6 heteroatoms. The molecule has 0 spiro atoms. The molecule has 0 aliphatic heterocycles. The summed E-state index contributed by atoms with van der Waals surface area (Å²) in [6.45, 7) is 1.63. The van der Waals surface area contributed by atoms with E-state index in [1.165, 1.54) is 18.2 Å². The van der Waals surface area contributed by atoms with Crippen LogP contribution < -0.4 is 10.6 Å². The van der Waals surface area contributed by atoms with Crippen molar-refractivity contribution in [3.8, 4) is 0 Å². The number of amides is 2. The van der Waals surface area contributed by atoms with Crippen LogP contribution in [-0.2, 0) is 0 Å². The molecule has 0 bridgehead atoms. The Kier molecular flexibility index (Phi) is 4.77. The molecular formula is C15H14ClFN2O2. The van der Waals surface area contributed by atoms with Crippen LogP contribution in [-0.4, -0.2) is 11.1 Å². The van der Waals surface area contributed by atoms with Gasteiger partial charge in [0.15, 0.2) is 0 Å². The Morgan fingerprint density at radius 2 is 2.00 bits per heavy atom. The molecule has 2 amide bonds. The number of hydrogen-bond acceptors (Lipinski definition) is 2. The maximum absolute atomic E-state index is 13.5. The van der Waals surface area contributed by atoms with E-state index in [0.29, 0.717) is 16.3 Å². The van der Waals surface area contributed by atoms with Gasteiger partial charge in [-0.05, 0) is 42.8 Å². The number of aliphatic hydroxyl groups excluding tert-OH is 1. The molecule has 0 heterocycles. The standard InChI is InChI=1S/C15H14ClFN2O2/c1-9(20)10-3-2-4-12(7-10)18-15(21)19-14-8-11(16)5-6-13(14)17/h2-9,20H,1H3,(H2,18,19,21). The largest absolute Gasteiger partial charge is 0.389 e. The number of halogens is 2. The third-order valence-electron chi connectivity index (χ3n) is 2.80. The Morgan fingerprint density at radius 1 is 1.24 bits per heavy atom. The first kappa shape index (κ1) is 15.3. The zero-order chi connectivity index (χ0) is 15.4. The Morgan fingerprint density at radius 3 is 2.71 bits per heavy atom. The maximum atomic E-state index is 13.5. The minimum absolute atomic E-state index is 0.00770. The number of anilines is 2. The molecule has 3 N–H and O–H groups in total. The number of nitrogens with one attached hydrogen (secondary N) is 2. The van der Waals surface area contributed by atoms with Crippen molar-refractivity contribution in [1.82, 2.24) is 0 Å². The number of carbonyl (C=O) groups excluding carboxylic acids is 1. The molecule has 1 atom stereocenters. The molecule has 0 saturated heterocycles. The lowest BCUT2D eigenvalue weighted by molar-refractivity contribution is 0.199. The van der Waals surface area contributed by atoms with Gasteiger partial charge >= 0.3 is 6.03 Å². The maximum Gasteiger partial charge on any atom is 0.323 e. The molecule has 0 fully saturated rings. The smallest absolute Gasteiger partial charge is 0.323 e. The molecule has 110 valence electrons. The van der Waals surface area contributed by atoms with Gasteiger partial charge in [-0.2, -0.15) is 0 Å². The fourth-order valence-corrected chi connectivity index (χ4v) is 1.93. The average molecular weight is 309 g/mol. The van der Waals surface area contributed by atoms with Gasteiger partial charge in [0, 0.05) is 10.7 Å². The highest BCUT2D eigenvalue weighted by molar-refractivity contribution is 6.30. The Labute approximate surface area is 126 Å². The highest BCUT2D eigenvalue weighted by Gasteiger charge is 2.09. The van der Waals surface area contributed by atoms with Crippen LogP contribution >= 0.6 is 11.6 Å². The van der Waals surface area contributed by atoms with Crippen molar-refractivity contribution < 1.29 is 14.3 Å². The zero-order valence-corrected chi connectivity index (χ0v) is 12.0. The fourth-order valence-electron chi connectivity index (χ4n) is 1.75. The van der Waals surface area contributed by atoms with Crippen LogP contribution in [0.5, 0.6) is 0 Å². The molecule has 0 aliphatic carbocycles. The van der Waals surface area contributed by atoms with Crippen LogP contribution in [0.2, 0.25) is 5.02 Å². The van der Waals surface area contributed by atoms with Gasteiger partial charge in [-0.1, -0.05) is 23.7 Å². The van der Waals surface area contributed by atoms with Crippen molar-refractivity contribution in [3.05, 3.63) is 58.9 Å². The third kappa shape index (κ3) is 4.18. The van der Waals surface area contributed by atoms with Gasteiger partial charge < -0.3 is 15.7 Å². The van der Waals surface area contributed by atoms with Gasteiger partial charge in [0.1, 0.15) is 5.82 Å². The molecule has 0 radical (unpaired) electrons. The number of hydrogen-bond donors (Lipinski definition) is 3. The lowest BCUT2D eigenvalue weighted by Crippen LogP contribution is -2.20. The van der Waals surface area contributed by atoms with Gasteiger partial charge in [-0.3, -0.25) is 0 Å². The van der Waals surface area contributed by atoms with Crippen molar-refractivity contribution in [3.63, 3.8) is 0 Å². The topological polar surface area (TPSA) is 61.4 Å². The predicted molar refractivity (Wildman–Crippen MR) is 81.1 cm³/mol. The van der Waals surface area contributed by atoms with Crippen molar-refractivity contribution in [2.24, 2.45) is 0 Å². The summed E-state index contributed by atoms with van der Waals surface area (Å²) in [5, 5.41) is 14.8. The van der Waals surface area contributed by atoms with E-state index in [9.17, 15) is 14.3 Å². The van der Waals surface area contributed by atoms with E-state index in [0.717, 1.165) is 0 Å². The zero-order valence-electron chi connectivity index (χ0n) is 11.2. The highest BCUT2D eigenvalue weighted by atomic mass is 35.5. The first-order valence-electron chi connectivity index (χ1n) is 6.27. The summed E-state index contributed by atoms with van der Waals surface area (Å²) in [6, 6.07) is 10.0. The molecule has 2 aromatic rings. The summed E-state index contributed by atoms with van der Waals surface area (Å²) in [5.74, 6) is -0.577. The summed E-state index contributed by atoms with van der Waals surface area (Å²) in [5.41, 5.74) is 1.15. The summed E-state index contributed by atoms with van der Waals surface area (Å²) < 4.78 is 13.5. The van der Waals surface area contributed by atoms with Gasteiger partial charge in [0.05, 0.1) is 11.8 Å². The van der Waals surface area contributed by atoms with Crippen LogP contribution in [0.3, 0.4) is 0 Å². The van der Waals surface area contributed by atoms with Gasteiger partial charge in [-0.15, -0.1) is 0 Å². The number of aliphatic hydroxyl groups is 1. The monoisotopic (exact) mass is 308 g/mol. The summed E-state index contributed by atoms with van der Waals surface area (Å²) in [6.07, 6.45) is -0.639. The third-order valence-corrected chi connectivity index (χ3v) is 3.04. The summed E-state index contributed by atoms with van der Waals surface area (Å²) >= 11 is 5.75. The molecule has 21 heavy (non-hydrogen) atoms. The second kappa shape index (κ2) is 6.56. The van der Waals surface area contributed by atoms with Crippen LogP contribution in [0.25, 0.3) is 0 Å². The van der Waals surface area contributed by atoms with Crippen LogP contribution in [0.15, 0.2) is 42.5 Å². The molecule has 2 aromatic carbocycles. The molecule has 2 rings (SSSR count). The lowest BCUT2D eigenvalue weighted by Gasteiger charge is -2.11. The molecule has 0 aliphatic rings. The van der Waals surface area contributed by atoms with E-state index < -0.39 is 18.0 Å². The number of rotatable bonds is 3. The van der Waals surface area contributed by atoms with Gasteiger partial charge in [-0.25, -0.2) is 9.18 Å². The minimum Gasteiger partial charge on any atom is -0.389 e. The first-order valence-corrected chi connectivity index (χ1v) is 6.64. The van der Waals surface area contributed by atoms with Crippen LogP contribution in [0.4, 0.5) is 20.6 Å². The second-order valence-corrected chi connectivity index (χ2v) is 4.94. The van der Waals surface area contributed by atoms with E-state index in [1.807, 2.05) is 0 Å². The van der Waals surface area contributed by atoms with Crippen molar-refractivity contribution in [1.29, 1.82) is 0 Å². The highest BCUT2D eigenvalue weighted by Crippen LogP contribution is 2.20. The second-order valence-electron chi connectivity index (χ2n) is 4.50. The lowest BCUT2D eigenvalue weighted by atomic mass is 10.1. The molecule has 0 saturated carbocycles. The predicted octanol–water partition coefficient (Wildman–Crippen LogP) is 4.18. The first-order chi connectivity index (χ1) is 9.95. The van der Waals surface area contributed by atoms with Crippen LogP contribution in [0.1, 0.15) is 18.6 Å². The van der Waals surface area contributed by atoms with Crippen molar-refractivity contribution in [2.45, 2.75) is 13.0 Å². The van der Waals surface area contributed by atoms with E-state index in [4.69, 9.17) is 11.6 Å². The van der Waals surface area contributed by atoms with E-state index in [1.54, 1.807) is 31.2 Å². The number of carbonyl (C=O) groups is 1. The Hall–Kier alpha value is -2.11. The minimum atomic E-state index is -0.639. The Balaban J connectivity index is 2.08. The fraction of sp³-hybridized carbons (Fsp3) is 0.133. The van der Waals surface area contributed by atoms with Gasteiger partial charge in [0.2, 0.25) is 0 Å².